The number of aromatic amines is 2. The van der Waals surface area contributed by atoms with Gasteiger partial charge in [-0.3, -0.25) is 9.97 Å². The fourth-order valence-electron chi connectivity index (χ4n) is 1.50. The van der Waals surface area contributed by atoms with E-state index in [1.165, 1.54) is 0 Å². The highest BCUT2D eigenvalue weighted by atomic mass is 28.4. The number of hydrogen-bond acceptors (Lipinski definition) is 5. The average molecular weight is 275 g/mol. The van der Waals surface area contributed by atoms with Gasteiger partial charge in [0.05, 0.1) is 0 Å². The minimum absolute atomic E-state index is 0.209. The molecule has 0 aliphatic carbocycles. The van der Waals surface area contributed by atoms with Gasteiger partial charge < -0.3 is 8.85 Å². The van der Waals surface area contributed by atoms with Gasteiger partial charge in [0.25, 0.3) is 0 Å². The molecule has 0 saturated heterocycles. The quantitative estimate of drug-likeness (QED) is 0.646. The van der Waals surface area contributed by atoms with Crippen LogP contribution < -0.4 is 17.1 Å². The Balaban J connectivity index is 2.74. The highest BCUT2D eigenvalue weighted by Crippen LogP contribution is 2.13. The number of nitrogens with one attached hydrogen (secondary N) is 2. The van der Waals surface area contributed by atoms with Gasteiger partial charge in [-0.25, -0.2) is 19.0 Å². The third-order valence-electron chi connectivity index (χ3n) is 2.81. The third-order valence-corrected chi connectivity index (χ3v) is 5.80. The van der Waals surface area contributed by atoms with Gasteiger partial charge in [0.2, 0.25) is 0 Å². The van der Waals surface area contributed by atoms with Crippen LogP contribution in [0.2, 0.25) is 12.6 Å². The van der Waals surface area contributed by atoms with Crippen molar-refractivity contribution in [3.8, 4) is 0 Å². The van der Waals surface area contributed by atoms with Crippen molar-refractivity contribution >= 4 is 8.56 Å². The smallest absolute Gasteiger partial charge is 0.334 e. The first-order chi connectivity index (χ1) is 8.41. The Morgan fingerprint density at radius 1 is 1.11 bits per heavy atom. The predicted molar refractivity (Wildman–Crippen MR) is 67.0 cm³/mol. The van der Waals surface area contributed by atoms with Crippen molar-refractivity contribution in [2.75, 3.05) is 14.2 Å². The van der Waals surface area contributed by atoms with E-state index in [1.54, 1.807) is 14.2 Å². The van der Waals surface area contributed by atoms with Crippen molar-refractivity contribution in [2.24, 2.45) is 0 Å². The van der Waals surface area contributed by atoms with E-state index >= 15 is 0 Å². The first-order valence-corrected chi connectivity index (χ1v) is 7.98. The molecule has 2 N–H and O–H groups in total. The van der Waals surface area contributed by atoms with E-state index in [4.69, 9.17) is 8.85 Å². The molecule has 1 aromatic heterocycles. The number of aromatic nitrogens is 3. The van der Waals surface area contributed by atoms with Crippen LogP contribution in [0.4, 0.5) is 0 Å². The second kappa shape index (κ2) is 5.93. The molecular formula is C9H17N3O5Si. The van der Waals surface area contributed by atoms with Gasteiger partial charge in [-0.15, -0.1) is 0 Å². The van der Waals surface area contributed by atoms with Crippen LogP contribution in [0.25, 0.3) is 0 Å². The molecule has 0 atom stereocenters. The van der Waals surface area contributed by atoms with Crippen molar-refractivity contribution in [3.05, 3.63) is 31.5 Å². The normalized spacial score (nSPS) is 11.7. The zero-order valence-electron chi connectivity index (χ0n) is 10.6. The average Bonchev–Trinajstić information content (AvgIpc) is 2.32. The Kier molecular flexibility index (Phi) is 4.82. The maximum absolute atomic E-state index is 11.4. The molecule has 9 heteroatoms. The van der Waals surface area contributed by atoms with Gasteiger partial charge in [0, 0.05) is 20.8 Å². The molecule has 0 aromatic carbocycles. The van der Waals surface area contributed by atoms with Gasteiger partial charge in [-0.05, 0) is 19.0 Å². The minimum Gasteiger partial charge on any atom is -0.398 e. The van der Waals surface area contributed by atoms with Gasteiger partial charge >= 0.3 is 25.6 Å². The summed E-state index contributed by atoms with van der Waals surface area (Å²) in [5.41, 5.74) is -2.21. The lowest BCUT2D eigenvalue weighted by Crippen LogP contribution is -2.43. The minimum atomic E-state index is -2.20. The van der Waals surface area contributed by atoms with Crippen LogP contribution in [-0.2, 0) is 15.4 Å². The summed E-state index contributed by atoms with van der Waals surface area (Å²) in [5.74, 6) is 0. The Hall–Kier alpha value is -1.45. The Bertz CT molecular complexity index is 522. The molecule has 18 heavy (non-hydrogen) atoms. The van der Waals surface area contributed by atoms with Gasteiger partial charge in [0.15, 0.2) is 0 Å². The highest BCUT2D eigenvalue weighted by Gasteiger charge is 2.27. The Labute approximate surface area is 104 Å². The molecule has 0 radical (unpaired) electrons. The fraction of sp³-hybridized carbons (Fsp3) is 0.667. The highest BCUT2D eigenvalue weighted by molar-refractivity contribution is 6.65. The molecule has 1 heterocycles. The van der Waals surface area contributed by atoms with Gasteiger partial charge in [-0.2, -0.15) is 0 Å². The second-order valence-electron chi connectivity index (χ2n) is 3.99. The lowest BCUT2D eigenvalue weighted by molar-refractivity contribution is 0.247. The van der Waals surface area contributed by atoms with E-state index in [2.05, 4.69) is 0 Å². The predicted octanol–water partition coefficient (Wildman–Crippen LogP) is -1.02. The molecule has 8 nitrogen and oxygen atoms in total. The molecular weight excluding hydrogens is 258 g/mol. The molecule has 0 bridgehead atoms. The first-order valence-electron chi connectivity index (χ1n) is 5.45. The first kappa shape index (κ1) is 14.6. The molecule has 1 aromatic rings. The van der Waals surface area contributed by atoms with Crippen molar-refractivity contribution in [1.82, 2.24) is 14.5 Å². The van der Waals surface area contributed by atoms with Crippen LogP contribution in [0.5, 0.6) is 0 Å². The zero-order valence-corrected chi connectivity index (χ0v) is 11.6. The molecule has 0 unspecified atom stereocenters. The number of nitrogens with zero attached hydrogens (tertiary/aromatic N) is 1. The van der Waals surface area contributed by atoms with E-state index in [0.29, 0.717) is 12.5 Å². The second-order valence-corrected chi connectivity index (χ2v) is 7.57. The molecule has 0 aliphatic rings. The molecule has 0 fully saturated rings. The summed E-state index contributed by atoms with van der Waals surface area (Å²) in [7, 11) is 0.960. The summed E-state index contributed by atoms with van der Waals surface area (Å²) in [6, 6.07) is 0.644. The van der Waals surface area contributed by atoms with Crippen molar-refractivity contribution in [2.45, 2.75) is 25.6 Å². The lowest BCUT2D eigenvalue weighted by Gasteiger charge is -2.22. The summed E-state index contributed by atoms with van der Waals surface area (Å²) < 4.78 is 11.5. The summed E-state index contributed by atoms with van der Waals surface area (Å²) in [5, 5.41) is 0. The van der Waals surface area contributed by atoms with Crippen LogP contribution in [0, 0.1) is 0 Å². The van der Waals surface area contributed by atoms with Crippen LogP contribution in [0.1, 0.15) is 6.42 Å². The Morgan fingerprint density at radius 3 is 2.06 bits per heavy atom. The van der Waals surface area contributed by atoms with Crippen molar-refractivity contribution in [1.29, 1.82) is 0 Å². The SMILES string of the molecule is CO[Si](C)(CCCn1c(=O)[nH]c(=O)[nH]c1=O)OC. The summed E-state index contributed by atoms with van der Waals surface area (Å²) in [6.45, 7) is 2.10. The van der Waals surface area contributed by atoms with E-state index < -0.39 is 25.6 Å². The van der Waals surface area contributed by atoms with Gasteiger partial charge in [-0.1, -0.05) is 0 Å². The lowest BCUT2D eigenvalue weighted by atomic mass is 10.5. The molecule has 0 saturated carbocycles. The molecule has 1 rings (SSSR count). The van der Waals surface area contributed by atoms with E-state index in [9.17, 15) is 14.4 Å². The Morgan fingerprint density at radius 2 is 1.61 bits per heavy atom. The van der Waals surface area contributed by atoms with E-state index in [-0.39, 0.29) is 6.54 Å². The molecule has 102 valence electrons. The number of H-pyrrole nitrogens is 2. The standard InChI is InChI=1S/C9H17N3O5Si/c1-16-18(3,17-2)6-4-5-12-8(14)10-7(13)11-9(12)15/h4-6H2,1-3H3,(H2,10,11,13,14,15). The molecule has 0 amide bonds. The van der Waals surface area contributed by atoms with Crippen LogP contribution >= 0.6 is 0 Å². The number of rotatable bonds is 6. The summed E-state index contributed by atoms with van der Waals surface area (Å²) in [4.78, 5) is 37.6. The van der Waals surface area contributed by atoms with Crippen LogP contribution in [0.15, 0.2) is 14.4 Å². The summed E-state index contributed by atoms with van der Waals surface area (Å²) >= 11 is 0. The zero-order chi connectivity index (χ0) is 13.8. The third kappa shape index (κ3) is 3.52. The van der Waals surface area contributed by atoms with Crippen LogP contribution in [0.3, 0.4) is 0 Å². The van der Waals surface area contributed by atoms with E-state index in [1.807, 2.05) is 16.5 Å². The molecule has 0 aliphatic heterocycles. The van der Waals surface area contributed by atoms with Crippen molar-refractivity contribution < 1.29 is 8.85 Å². The van der Waals surface area contributed by atoms with Gasteiger partial charge in [0.1, 0.15) is 0 Å². The van der Waals surface area contributed by atoms with Crippen molar-refractivity contribution in [3.63, 3.8) is 0 Å². The topological polar surface area (TPSA) is 106 Å². The number of hydrogen-bond donors (Lipinski definition) is 2. The summed E-state index contributed by atoms with van der Waals surface area (Å²) in [6.07, 6.45) is 0.555. The monoisotopic (exact) mass is 275 g/mol. The van der Waals surface area contributed by atoms with E-state index in [0.717, 1.165) is 4.57 Å². The van der Waals surface area contributed by atoms with Crippen LogP contribution in [-0.4, -0.2) is 37.3 Å². The largest absolute Gasteiger partial charge is 0.398 e. The fourth-order valence-corrected chi connectivity index (χ4v) is 2.88. The molecule has 0 spiro atoms. The maximum atomic E-state index is 11.4. The maximum Gasteiger partial charge on any atom is 0.334 e.